The van der Waals surface area contributed by atoms with Gasteiger partial charge in [-0.15, -0.1) is 0 Å². The Bertz CT molecular complexity index is 1060. The highest BCUT2D eigenvalue weighted by Gasteiger charge is 2.19. The zero-order chi connectivity index (χ0) is 21.9. The minimum absolute atomic E-state index is 0.107. The van der Waals surface area contributed by atoms with Crippen LogP contribution < -0.4 is 21.9 Å². The van der Waals surface area contributed by atoms with E-state index >= 15 is 0 Å². The molecule has 0 fully saturated rings. The molecule has 11 heteroatoms. The van der Waals surface area contributed by atoms with Crippen LogP contribution in [0.1, 0.15) is 33.5 Å². The van der Waals surface area contributed by atoms with Crippen molar-refractivity contribution >= 4 is 34.7 Å². The number of nitrogens with zero attached hydrogens (tertiary/aromatic N) is 4. The summed E-state index contributed by atoms with van der Waals surface area (Å²) in [7, 11) is 1.40. The fraction of sp³-hybridized carbons (Fsp3) is 0.556. The highest BCUT2D eigenvalue weighted by atomic mass is 32.2. The summed E-state index contributed by atoms with van der Waals surface area (Å²) in [5.41, 5.74) is -0.724. The first-order valence-electron chi connectivity index (χ1n) is 9.22. The van der Waals surface area contributed by atoms with Crippen LogP contribution >= 0.6 is 11.8 Å². The molecule has 2 heterocycles. The van der Waals surface area contributed by atoms with Crippen LogP contribution in [0.5, 0.6) is 0 Å². The van der Waals surface area contributed by atoms with Gasteiger partial charge in [0, 0.05) is 19.6 Å². The van der Waals surface area contributed by atoms with Crippen molar-refractivity contribution in [3.8, 4) is 0 Å². The Morgan fingerprint density at radius 2 is 1.79 bits per heavy atom. The maximum Gasteiger partial charge on any atom is 0.332 e. The summed E-state index contributed by atoms with van der Waals surface area (Å²) in [5.74, 6) is -0.109. The number of hydrogen-bond acceptors (Lipinski definition) is 7. The monoisotopic (exact) mass is 422 g/mol. The molecule has 158 valence electrons. The summed E-state index contributed by atoms with van der Waals surface area (Å²) in [6, 6.07) is -0.694. The molecule has 0 unspecified atom stereocenters. The van der Waals surface area contributed by atoms with Gasteiger partial charge in [-0.2, -0.15) is 0 Å². The zero-order valence-electron chi connectivity index (χ0n) is 17.4. The molecule has 0 atom stereocenters. The maximum atomic E-state index is 12.8. The summed E-state index contributed by atoms with van der Waals surface area (Å²) in [6.45, 7) is 9.52. The van der Waals surface area contributed by atoms with Crippen molar-refractivity contribution in [2.24, 2.45) is 13.0 Å². The average molecular weight is 423 g/mol. The van der Waals surface area contributed by atoms with Gasteiger partial charge in [-0.25, -0.2) is 19.6 Å². The van der Waals surface area contributed by atoms with Crippen LogP contribution in [0.4, 0.5) is 4.79 Å². The molecule has 10 nitrogen and oxygen atoms in total. The molecule has 0 aliphatic rings. The lowest BCUT2D eigenvalue weighted by atomic mass is 10.2. The van der Waals surface area contributed by atoms with Gasteiger partial charge in [0.15, 0.2) is 5.65 Å². The van der Waals surface area contributed by atoms with Gasteiger partial charge in [-0.1, -0.05) is 25.6 Å². The fourth-order valence-electron chi connectivity index (χ4n) is 2.67. The van der Waals surface area contributed by atoms with Crippen molar-refractivity contribution in [2.75, 3.05) is 5.75 Å². The smallest absolute Gasteiger partial charge is 0.332 e. The zero-order valence-corrected chi connectivity index (χ0v) is 18.2. The van der Waals surface area contributed by atoms with E-state index in [1.165, 1.54) is 11.6 Å². The van der Waals surface area contributed by atoms with Gasteiger partial charge in [0.25, 0.3) is 5.56 Å². The van der Waals surface area contributed by atoms with Crippen LogP contribution in [0.25, 0.3) is 11.0 Å². The predicted molar refractivity (Wildman–Crippen MR) is 111 cm³/mol. The highest BCUT2D eigenvalue weighted by Crippen LogP contribution is 2.22. The SMILES string of the molecule is Cc1nc(SCC(=O)NC(=O)NC(C)C)c2c(=O)n(C)c(=O)n(CC(C)C)c2n1. The Kier molecular flexibility index (Phi) is 7.17. The van der Waals surface area contributed by atoms with Crippen LogP contribution in [0.2, 0.25) is 0 Å². The third kappa shape index (κ3) is 5.43. The van der Waals surface area contributed by atoms with Crippen molar-refractivity contribution in [1.29, 1.82) is 0 Å². The summed E-state index contributed by atoms with van der Waals surface area (Å²) in [5, 5.41) is 5.27. The van der Waals surface area contributed by atoms with Gasteiger partial charge in [0.1, 0.15) is 16.2 Å². The predicted octanol–water partition coefficient (Wildman–Crippen LogP) is 0.781. The molecule has 2 N–H and O–H groups in total. The van der Waals surface area contributed by atoms with Crippen LogP contribution in [0.3, 0.4) is 0 Å². The lowest BCUT2D eigenvalue weighted by Gasteiger charge is -2.15. The summed E-state index contributed by atoms with van der Waals surface area (Å²) in [4.78, 5) is 57.7. The minimum atomic E-state index is -0.587. The molecule has 2 aromatic rings. The van der Waals surface area contributed by atoms with E-state index in [9.17, 15) is 19.2 Å². The van der Waals surface area contributed by atoms with Gasteiger partial charge in [-0.3, -0.25) is 24.0 Å². The third-order valence-electron chi connectivity index (χ3n) is 3.82. The molecule has 0 radical (unpaired) electrons. The average Bonchev–Trinajstić information content (AvgIpc) is 2.60. The Morgan fingerprint density at radius 3 is 2.38 bits per heavy atom. The standard InChI is InChI=1S/C18H26N6O4S/c1-9(2)7-24-14-13(16(26)23(6)18(24)28)15(21-11(5)20-14)29-8-12(25)22-17(27)19-10(3)4/h9-10H,7-8H2,1-6H3,(H2,19,22,25,27). The van der Waals surface area contributed by atoms with Crippen molar-refractivity contribution < 1.29 is 9.59 Å². The second kappa shape index (κ2) is 9.21. The molecular formula is C18H26N6O4S. The van der Waals surface area contributed by atoms with E-state index in [1.54, 1.807) is 20.8 Å². The Morgan fingerprint density at radius 1 is 1.14 bits per heavy atom. The largest absolute Gasteiger partial charge is 0.336 e. The normalized spacial score (nSPS) is 11.3. The van der Waals surface area contributed by atoms with Crippen molar-refractivity contribution in [3.05, 3.63) is 26.7 Å². The summed E-state index contributed by atoms with van der Waals surface area (Å²) in [6.07, 6.45) is 0. The van der Waals surface area contributed by atoms with Crippen LogP contribution in [0.15, 0.2) is 14.6 Å². The van der Waals surface area contributed by atoms with Crippen molar-refractivity contribution in [3.63, 3.8) is 0 Å². The molecular weight excluding hydrogens is 396 g/mol. The molecule has 0 saturated heterocycles. The number of aromatic nitrogens is 4. The number of rotatable bonds is 6. The van der Waals surface area contributed by atoms with Gasteiger partial charge < -0.3 is 5.32 Å². The molecule has 3 amide bonds. The number of hydrogen-bond donors (Lipinski definition) is 2. The Balaban J connectivity index is 2.43. The topological polar surface area (TPSA) is 128 Å². The van der Waals surface area contributed by atoms with Gasteiger partial charge in [-0.05, 0) is 26.7 Å². The first-order chi connectivity index (χ1) is 13.5. The van der Waals surface area contributed by atoms with Crippen molar-refractivity contribution in [1.82, 2.24) is 29.7 Å². The van der Waals surface area contributed by atoms with Crippen molar-refractivity contribution in [2.45, 2.75) is 52.2 Å². The van der Waals surface area contributed by atoms with E-state index in [0.29, 0.717) is 17.4 Å². The third-order valence-corrected chi connectivity index (χ3v) is 4.80. The molecule has 0 aromatic carbocycles. The van der Waals surface area contributed by atoms with Gasteiger partial charge >= 0.3 is 11.7 Å². The molecule has 29 heavy (non-hydrogen) atoms. The van der Waals surface area contributed by atoms with E-state index in [1.807, 2.05) is 13.8 Å². The van der Waals surface area contributed by atoms with E-state index in [-0.39, 0.29) is 28.7 Å². The molecule has 0 saturated carbocycles. The Labute approximate surface area is 172 Å². The lowest BCUT2D eigenvalue weighted by Crippen LogP contribution is -2.43. The number of imide groups is 1. The number of aryl methyl sites for hydroxylation is 1. The van der Waals surface area contributed by atoms with Gasteiger partial charge in [0.2, 0.25) is 5.91 Å². The van der Waals surface area contributed by atoms with E-state index in [0.717, 1.165) is 16.3 Å². The van der Waals surface area contributed by atoms with E-state index < -0.39 is 23.2 Å². The molecule has 0 aliphatic carbocycles. The number of amides is 3. The Hall–Kier alpha value is -2.69. The number of carbonyl (C=O) groups is 2. The first-order valence-corrected chi connectivity index (χ1v) is 10.2. The molecule has 2 aromatic heterocycles. The summed E-state index contributed by atoms with van der Waals surface area (Å²) >= 11 is 1.02. The molecule has 2 rings (SSSR count). The second-order valence-corrected chi connectivity index (χ2v) is 8.35. The fourth-order valence-corrected chi connectivity index (χ4v) is 3.53. The number of urea groups is 1. The molecule has 0 bridgehead atoms. The minimum Gasteiger partial charge on any atom is -0.336 e. The van der Waals surface area contributed by atoms with Crippen LogP contribution in [-0.2, 0) is 18.4 Å². The van der Waals surface area contributed by atoms with E-state index in [4.69, 9.17) is 0 Å². The summed E-state index contributed by atoms with van der Waals surface area (Å²) < 4.78 is 2.47. The quantitative estimate of drug-likeness (QED) is 0.520. The number of fused-ring (bicyclic) bond motifs is 1. The number of carbonyl (C=O) groups excluding carboxylic acids is 2. The number of nitrogens with one attached hydrogen (secondary N) is 2. The highest BCUT2D eigenvalue weighted by molar-refractivity contribution is 8.00. The van der Waals surface area contributed by atoms with Crippen LogP contribution in [0, 0.1) is 12.8 Å². The number of thioether (sulfide) groups is 1. The lowest BCUT2D eigenvalue weighted by molar-refractivity contribution is -0.117. The maximum absolute atomic E-state index is 12.8. The van der Waals surface area contributed by atoms with E-state index in [2.05, 4.69) is 20.6 Å². The van der Waals surface area contributed by atoms with Gasteiger partial charge in [0.05, 0.1) is 5.75 Å². The molecule has 0 spiro atoms. The first kappa shape index (κ1) is 22.6. The second-order valence-electron chi connectivity index (χ2n) is 7.39. The van der Waals surface area contributed by atoms with Crippen LogP contribution in [-0.4, -0.2) is 42.8 Å². The molecule has 0 aliphatic heterocycles.